The molecule has 1 aromatic carbocycles. The molecule has 1 N–H and O–H groups in total. The number of thiophene rings is 1. The predicted molar refractivity (Wildman–Crippen MR) is 113 cm³/mol. The highest BCUT2D eigenvalue weighted by molar-refractivity contribution is 7.90. The fourth-order valence-corrected chi connectivity index (χ4v) is 5.13. The van der Waals surface area contributed by atoms with E-state index in [1.165, 1.54) is 11.6 Å². The van der Waals surface area contributed by atoms with Gasteiger partial charge >= 0.3 is 7.62 Å². The molecule has 0 atom stereocenters. The van der Waals surface area contributed by atoms with Gasteiger partial charge in [-0.15, -0.1) is 11.3 Å². The van der Waals surface area contributed by atoms with Gasteiger partial charge in [-0.05, 0) is 43.3 Å². The summed E-state index contributed by atoms with van der Waals surface area (Å²) in [4.78, 5) is 5.58. The second-order valence-electron chi connectivity index (χ2n) is 6.19. The summed E-state index contributed by atoms with van der Waals surface area (Å²) in [5, 5.41) is 4.75. The van der Waals surface area contributed by atoms with Crippen LogP contribution in [0, 0.1) is 6.92 Å². The van der Waals surface area contributed by atoms with Crippen molar-refractivity contribution < 1.29 is 13.1 Å². The third kappa shape index (κ3) is 3.32. The summed E-state index contributed by atoms with van der Waals surface area (Å²) < 4.78 is 32.3. The first kappa shape index (κ1) is 18.7. The van der Waals surface area contributed by atoms with E-state index in [9.17, 15) is 8.42 Å². The van der Waals surface area contributed by atoms with Gasteiger partial charge in [0.15, 0.2) is 5.65 Å². The van der Waals surface area contributed by atoms with E-state index in [1.54, 1.807) is 61.2 Å². The van der Waals surface area contributed by atoms with Crippen molar-refractivity contribution >= 4 is 45.0 Å². The van der Waals surface area contributed by atoms with E-state index in [0.717, 1.165) is 26.4 Å². The third-order valence-electron chi connectivity index (χ3n) is 4.32. The lowest BCUT2D eigenvalue weighted by molar-refractivity contribution is 0.446. The van der Waals surface area contributed by atoms with Crippen LogP contribution in [0.25, 0.3) is 21.5 Å². The smallest absolute Gasteiger partial charge is 0.422 e. The Hall–Kier alpha value is -2.62. The molecule has 0 aliphatic heterocycles. The number of fused-ring (bicyclic) bond motifs is 1. The topological polar surface area (TPSA) is 73.2 Å². The molecule has 0 amide bonds. The normalized spacial score (nSPS) is 11.6. The van der Waals surface area contributed by atoms with Crippen LogP contribution in [0.15, 0.2) is 65.8 Å². The second-order valence-corrected chi connectivity index (χ2v) is 9.09. The average Bonchev–Trinajstić information content (AvgIpc) is 3.34. The van der Waals surface area contributed by atoms with Crippen molar-refractivity contribution in [3.63, 3.8) is 0 Å². The molecule has 6 nitrogen and oxygen atoms in total. The molecule has 0 aliphatic rings. The van der Waals surface area contributed by atoms with E-state index < -0.39 is 10.0 Å². The van der Waals surface area contributed by atoms with Crippen LogP contribution in [0.4, 0.5) is 5.00 Å². The van der Waals surface area contributed by atoms with Gasteiger partial charge in [0, 0.05) is 35.3 Å². The molecular weight excluding hydrogens is 393 g/mol. The Balaban J connectivity index is 1.79. The minimum Gasteiger partial charge on any atom is -0.422 e. The van der Waals surface area contributed by atoms with Gasteiger partial charge in [-0.1, -0.05) is 17.7 Å². The number of benzene rings is 1. The van der Waals surface area contributed by atoms with Gasteiger partial charge in [0.25, 0.3) is 10.0 Å². The molecule has 0 saturated carbocycles. The Morgan fingerprint density at radius 3 is 2.64 bits per heavy atom. The summed E-state index contributed by atoms with van der Waals surface area (Å²) in [6.07, 6.45) is 3.19. The summed E-state index contributed by atoms with van der Waals surface area (Å²) in [6, 6.07) is 14.4. The lowest BCUT2D eigenvalue weighted by atomic mass is 10.1. The summed E-state index contributed by atoms with van der Waals surface area (Å²) >= 11 is 1.55. The molecule has 0 spiro atoms. The van der Waals surface area contributed by atoms with E-state index in [0.29, 0.717) is 5.65 Å². The molecule has 141 valence electrons. The van der Waals surface area contributed by atoms with Crippen LogP contribution in [0.5, 0.6) is 0 Å². The van der Waals surface area contributed by atoms with E-state index in [-0.39, 0.29) is 4.90 Å². The number of hydrogen-bond donors (Lipinski definition) is 1. The van der Waals surface area contributed by atoms with Crippen LogP contribution in [0.3, 0.4) is 0 Å². The van der Waals surface area contributed by atoms with Crippen molar-refractivity contribution in [1.82, 2.24) is 8.96 Å². The highest BCUT2D eigenvalue weighted by Crippen LogP contribution is 2.36. The highest BCUT2D eigenvalue weighted by atomic mass is 32.2. The Bertz CT molecular complexity index is 1230. The first-order chi connectivity index (χ1) is 13.5. The molecule has 0 saturated heterocycles. The summed E-state index contributed by atoms with van der Waals surface area (Å²) in [6.45, 7) is 1.92. The first-order valence-electron chi connectivity index (χ1n) is 8.50. The van der Waals surface area contributed by atoms with Gasteiger partial charge in [-0.3, -0.25) is 0 Å². The zero-order valence-corrected chi connectivity index (χ0v) is 16.9. The fourth-order valence-electron chi connectivity index (χ4n) is 2.92. The lowest BCUT2D eigenvalue weighted by Gasteiger charge is -2.08. The molecule has 9 heteroatoms. The van der Waals surface area contributed by atoms with Crippen LogP contribution < -0.4 is 5.23 Å². The van der Waals surface area contributed by atoms with Crippen molar-refractivity contribution in [1.29, 1.82) is 0 Å². The second kappa shape index (κ2) is 7.42. The van der Waals surface area contributed by atoms with E-state index >= 15 is 0 Å². The molecule has 1 radical (unpaired) electrons. The van der Waals surface area contributed by atoms with Crippen LogP contribution >= 0.6 is 11.3 Å². The van der Waals surface area contributed by atoms with Gasteiger partial charge in [0.2, 0.25) is 0 Å². The van der Waals surface area contributed by atoms with Crippen molar-refractivity contribution in [3.8, 4) is 10.4 Å². The monoisotopic (exact) mass is 410 g/mol. The van der Waals surface area contributed by atoms with Crippen LogP contribution in [0.2, 0.25) is 0 Å². The highest BCUT2D eigenvalue weighted by Gasteiger charge is 2.21. The Morgan fingerprint density at radius 1 is 1.11 bits per heavy atom. The minimum absolute atomic E-state index is 0.237. The summed E-state index contributed by atoms with van der Waals surface area (Å²) in [5.74, 6) is 0. The van der Waals surface area contributed by atoms with Crippen LogP contribution in [-0.4, -0.2) is 32.1 Å². The molecule has 3 heterocycles. The average molecular weight is 410 g/mol. The Labute approximate surface area is 168 Å². The molecule has 0 bridgehead atoms. The molecule has 0 unspecified atom stereocenters. The molecule has 28 heavy (non-hydrogen) atoms. The van der Waals surface area contributed by atoms with E-state index in [1.807, 2.05) is 25.1 Å². The number of aromatic nitrogens is 2. The largest absolute Gasteiger partial charge is 0.436 e. The third-order valence-corrected chi connectivity index (χ3v) is 7.05. The summed E-state index contributed by atoms with van der Waals surface area (Å²) in [7, 11) is -0.644. The standard InChI is InChI=1S/C19H17BN3O3S2/c1-13-3-5-14(6-4-13)28(24,25)23-12-10-16-15(9-11-21-19(16)23)17-7-8-18(27-17)22-20-26-2/h3-12,22H,1-2H3. The number of rotatable bonds is 6. The predicted octanol–water partition coefficient (Wildman–Crippen LogP) is 3.90. The zero-order chi connectivity index (χ0) is 19.7. The first-order valence-corrected chi connectivity index (χ1v) is 10.8. The van der Waals surface area contributed by atoms with Crippen molar-refractivity contribution in [2.45, 2.75) is 11.8 Å². The number of pyridine rings is 1. The minimum atomic E-state index is -3.72. The van der Waals surface area contributed by atoms with E-state index in [2.05, 4.69) is 10.2 Å². The van der Waals surface area contributed by atoms with Gasteiger partial charge in [0.05, 0.1) is 9.90 Å². The van der Waals surface area contributed by atoms with Crippen molar-refractivity contribution in [3.05, 3.63) is 66.5 Å². The summed E-state index contributed by atoms with van der Waals surface area (Å²) in [5.41, 5.74) is 2.34. The van der Waals surface area contributed by atoms with Crippen LogP contribution in [0.1, 0.15) is 5.56 Å². The van der Waals surface area contributed by atoms with Gasteiger partial charge < -0.3 is 9.88 Å². The van der Waals surface area contributed by atoms with Gasteiger partial charge in [0.1, 0.15) is 0 Å². The molecule has 4 rings (SSSR count). The SMILES string of the molecule is CO[B]Nc1ccc(-c2ccnc3c2ccn3S(=O)(=O)c2ccc(C)cc2)s1. The number of anilines is 1. The quantitative estimate of drug-likeness (QED) is 0.488. The fraction of sp³-hybridized carbons (Fsp3) is 0.105. The maximum absolute atomic E-state index is 13.1. The maximum Gasteiger partial charge on any atom is 0.436 e. The van der Waals surface area contributed by atoms with Crippen LogP contribution in [-0.2, 0) is 14.7 Å². The zero-order valence-electron chi connectivity index (χ0n) is 15.3. The van der Waals surface area contributed by atoms with Gasteiger partial charge in [-0.2, -0.15) is 0 Å². The number of nitrogens with zero attached hydrogens (tertiary/aromatic N) is 2. The number of aryl methyl sites for hydroxylation is 1. The Morgan fingerprint density at radius 2 is 1.89 bits per heavy atom. The van der Waals surface area contributed by atoms with E-state index in [4.69, 9.17) is 4.65 Å². The molecule has 3 aromatic heterocycles. The number of hydrogen-bond acceptors (Lipinski definition) is 6. The molecule has 0 aliphatic carbocycles. The lowest BCUT2D eigenvalue weighted by Crippen LogP contribution is -2.12. The van der Waals surface area contributed by atoms with Crippen molar-refractivity contribution in [2.75, 3.05) is 12.3 Å². The Kier molecular flexibility index (Phi) is 4.97. The molecule has 4 aromatic rings. The van der Waals surface area contributed by atoms with Crippen molar-refractivity contribution in [2.24, 2.45) is 0 Å². The molecular formula is C19H17BN3O3S2. The molecule has 0 fully saturated rings. The van der Waals surface area contributed by atoms with Gasteiger partial charge in [-0.25, -0.2) is 17.4 Å². The maximum atomic E-state index is 13.1. The number of nitrogens with one attached hydrogen (secondary N) is 1.